The summed E-state index contributed by atoms with van der Waals surface area (Å²) in [4.78, 5) is 24.3. The lowest BCUT2D eigenvalue weighted by atomic mass is 10.0. The summed E-state index contributed by atoms with van der Waals surface area (Å²) in [6.07, 6.45) is 2.64. The first-order chi connectivity index (χ1) is 9.58. The van der Waals surface area contributed by atoms with Gasteiger partial charge in [-0.1, -0.05) is 0 Å². The second-order valence-electron chi connectivity index (χ2n) is 5.13. The SMILES string of the molecule is CN(CCCC(=O)O)C(=O)c1ccc2c(c1)CCCN2. The average Bonchev–Trinajstić information content (AvgIpc) is 2.45. The summed E-state index contributed by atoms with van der Waals surface area (Å²) < 4.78 is 0. The molecule has 0 radical (unpaired) electrons. The first-order valence-corrected chi connectivity index (χ1v) is 6.92. The van der Waals surface area contributed by atoms with Gasteiger partial charge in [-0.05, 0) is 43.0 Å². The molecule has 0 aliphatic carbocycles. The van der Waals surface area contributed by atoms with Gasteiger partial charge in [0.15, 0.2) is 0 Å². The molecule has 5 nitrogen and oxygen atoms in total. The molecule has 0 bridgehead atoms. The fourth-order valence-corrected chi connectivity index (χ4v) is 2.40. The first kappa shape index (κ1) is 14.4. The zero-order valence-corrected chi connectivity index (χ0v) is 11.7. The molecule has 108 valence electrons. The van der Waals surface area contributed by atoms with Gasteiger partial charge in [0.1, 0.15) is 0 Å². The fourth-order valence-electron chi connectivity index (χ4n) is 2.40. The highest BCUT2D eigenvalue weighted by molar-refractivity contribution is 5.94. The highest BCUT2D eigenvalue weighted by Gasteiger charge is 2.15. The molecule has 1 aromatic rings. The summed E-state index contributed by atoms with van der Waals surface area (Å²) >= 11 is 0. The van der Waals surface area contributed by atoms with Crippen molar-refractivity contribution in [1.82, 2.24) is 4.90 Å². The molecule has 1 aromatic carbocycles. The van der Waals surface area contributed by atoms with Crippen LogP contribution >= 0.6 is 0 Å². The van der Waals surface area contributed by atoms with Gasteiger partial charge < -0.3 is 15.3 Å². The molecular formula is C15H20N2O3. The van der Waals surface area contributed by atoms with Gasteiger partial charge in [-0.2, -0.15) is 0 Å². The van der Waals surface area contributed by atoms with Gasteiger partial charge in [0.2, 0.25) is 0 Å². The van der Waals surface area contributed by atoms with E-state index in [0.717, 1.165) is 25.1 Å². The predicted molar refractivity (Wildman–Crippen MR) is 77.1 cm³/mol. The summed E-state index contributed by atoms with van der Waals surface area (Å²) in [6, 6.07) is 5.72. The molecule has 0 spiro atoms. The van der Waals surface area contributed by atoms with Gasteiger partial charge in [-0.25, -0.2) is 0 Å². The van der Waals surface area contributed by atoms with E-state index in [2.05, 4.69) is 5.32 Å². The number of benzene rings is 1. The van der Waals surface area contributed by atoms with Crippen molar-refractivity contribution in [2.75, 3.05) is 25.5 Å². The second-order valence-corrected chi connectivity index (χ2v) is 5.13. The number of nitrogens with zero attached hydrogens (tertiary/aromatic N) is 1. The Morgan fingerprint density at radius 2 is 2.20 bits per heavy atom. The third-order valence-corrected chi connectivity index (χ3v) is 3.52. The number of hydrogen-bond donors (Lipinski definition) is 2. The minimum atomic E-state index is -0.828. The van der Waals surface area contributed by atoms with Crippen LogP contribution in [0, 0.1) is 0 Å². The Bertz CT molecular complexity index is 514. The van der Waals surface area contributed by atoms with E-state index in [1.54, 1.807) is 11.9 Å². The normalized spacial score (nSPS) is 13.2. The molecule has 5 heteroatoms. The number of fused-ring (bicyclic) bond motifs is 1. The van der Waals surface area contributed by atoms with Gasteiger partial charge in [-0.3, -0.25) is 9.59 Å². The smallest absolute Gasteiger partial charge is 0.303 e. The molecular weight excluding hydrogens is 256 g/mol. The fraction of sp³-hybridized carbons (Fsp3) is 0.467. The lowest BCUT2D eigenvalue weighted by Gasteiger charge is -2.21. The minimum absolute atomic E-state index is 0.0521. The molecule has 0 saturated heterocycles. The minimum Gasteiger partial charge on any atom is -0.481 e. The van der Waals surface area contributed by atoms with Crippen LogP contribution in [0.15, 0.2) is 18.2 Å². The lowest BCUT2D eigenvalue weighted by molar-refractivity contribution is -0.137. The zero-order chi connectivity index (χ0) is 14.5. The molecule has 2 N–H and O–H groups in total. The molecule has 0 saturated carbocycles. The Morgan fingerprint density at radius 3 is 2.95 bits per heavy atom. The molecule has 0 fully saturated rings. The van der Waals surface area contributed by atoms with E-state index >= 15 is 0 Å². The van der Waals surface area contributed by atoms with Crippen LogP contribution < -0.4 is 5.32 Å². The van der Waals surface area contributed by atoms with Crippen molar-refractivity contribution in [3.05, 3.63) is 29.3 Å². The van der Waals surface area contributed by atoms with Crippen molar-refractivity contribution in [2.45, 2.75) is 25.7 Å². The van der Waals surface area contributed by atoms with Crippen LogP contribution in [0.3, 0.4) is 0 Å². The van der Waals surface area contributed by atoms with Crippen molar-refractivity contribution in [3.8, 4) is 0 Å². The molecule has 1 amide bonds. The number of hydrogen-bond acceptors (Lipinski definition) is 3. The van der Waals surface area contributed by atoms with Crippen LogP contribution in [0.2, 0.25) is 0 Å². The van der Waals surface area contributed by atoms with Crippen LogP contribution in [0.4, 0.5) is 5.69 Å². The van der Waals surface area contributed by atoms with Crippen LogP contribution in [0.25, 0.3) is 0 Å². The molecule has 1 aliphatic heterocycles. The number of carboxylic acids is 1. The number of carbonyl (C=O) groups is 2. The number of carboxylic acid groups (broad SMARTS) is 1. The Kier molecular flexibility index (Phi) is 4.61. The monoisotopic (exact) mass is 276 g/mol. The van der Waals surface area contributed by atoms with Crippen molar-refractivity contribution in [2.24, 2.45) is 0 Å². The number of aryl methyl sites for hydroxylation is 1. The molecule has 20 heavy (non-hydrogen) atoms. The Hall–Kier alpha value is -2.04. The Balaban J connectivity index is 1.99. The van der Waals surface area contributed by atoms with E-state index in [9.17, 15) is 9.59 Å². The Morgan fingerprint density at radius 1 is 1.40 bits per heavy atom. The van der Waals surface area contributed by atoms with E-state index < -0.39 is 5.97 Å². The van der Waals surface area contributed by atoms with Crippen LogP contribution in [0.1, 0.15) is 35.2 Å². The number of rotatable bonds is 5. The number of carbonyl (C=O) groups excluding carboxylic acids is 1. The van der Waals surface area contributed by atoms with Gasteiger partial charge in [0, 0.05) is 37.8 Å². The molecule has 0 atom stereocenters. The van der Waals surface area contributed by atoms with Gasteiger partial charge in [-0.15, -0.1) is 0 Å². The molecule has 0 aromatic heterocycles. The molecule has 1 heterocycles. The maximum Gasteiger partial charge on any atom is 0.303 e. The van der Waals surface area contributed by atoms with Crippen LogP contribution in [0.5, 0.6) is 0 Å². The van der Waals surface area contributed by atoms with E-state index in [0.29, 0.717) is 18.5 Å². The number of anilines is 1. The largest absolute Gasteiger partial charge is 0.481 e. The zero-order valence-electron chi connectivity index (χ0n) is 11.7. The summed E-state index contributed by atoms with van der Waals surface area (Å²) in [5.74, 6) is -0.880. The summed E-state index contributed by atoms with van der Waals surface area (Å²) in [5, 5.41) is 11.9. The maximum atomic E-state index is 12.3. The van der Waals surface area contributed by atoms with Gasteiger partial charge in [0.25, 0.3) is 5.91 Å². The van der Waals surface area contributed by atoms with Crippen molar-refractivity contribution >= 4 is 17.6 Å². The third kappa shape index (κ3) is 3.50. The maximum absolute atomic E-state index is 12.3. The van der Waals surface area contributed by atoms with E-state index in [-0.39, 0.29) is 12.3 Å². The Labute approximate surface area is 118 Å². The second kappa shape index (κ2) is 6.41. The van der Waals surface area contributed by atoms with E-state index in [1.165, 1.54) is 5.56 Å². The summed E-state index contributed by atoms with van der Waals surface area (Å²) in [5.41, 5.74) is 2.97. The summed E-state index contributed by atoms with van der Waals surface area (Å²) in [7, 11) is 1.71. The molecule has 2 rings (SSSR count). The molecule has 1 aliphatic rings. The van der Waals surface area contributed by atoms with Crippen molar-refractivity contribution in [3.63, 3.8) is 0 Å². The van der Waals surface area contributed by atoms with Gasteiger partial charge in [0.05, 0.1) is 0 Å². The topological polar surface area (TPSA) is 69.6 Å². The predicted octanol–water partition coefficient (Wildman–Crippen LogP) is 1.98. The number of aliphatic carboxylic acids is 1. The number of nitrogens with one attached hydrogen (secondary N) is 1. The van der Waals surface area contributed by atoms with Crippen molar-refractivity contribution < 1.29 is 14.7 Å². The third-order valence-electron chi connectivity index (χ3n) is 3.52. The van der Waals surface area contributed by atoms with Crippen molar-refractivity contribution in [1.29, 1.82) is 0 Å². The molecule has 0 unspecified atom stereocenters. The van der Waals surface area contributed by atoms with Crippen LogP contribution in [-0.2, 0) is 11.2 Å². The summed E-state index contributed by atoms with van der Waals surface area (Å²) in [6.45, 7) is 1.44. The standard InChI is InChI=1S/C15H20N2O3/c1-17(9-3-5-14(18)19)15(20)12-6-7-13-11(10-12)4-2-8-16-13/h6-7,10,16H,2-5,8-9H2,1H3,(H,18,19). The average molecular weight is 276 g/mol. The van der Waals surface area contributed by atoms with E-state index in [4.69, 9.17) is 5.11 Å². The highest BCUT2D eigenvalue weighted by atomic mass is 16.4. The highest BCUT2D eigenvalue weighted by Crippen LogP contribution is 2.23. The first-order valence-electron chi connectivity index (χ1n) is 6.92. The quantitative estimate of drug-likeness (QED) is 0.862. The van der Waals surface area contributed by atoms with E-state index in [1.807, 2.05) is 18.2 Å². The van der Waals surface area contributed by atoms with Gasteiger partial charge >= 0.3 is 5.97 Å². The number of amides is 1. The van der Waals surface area contributed by atoms with Crippen LogP contribution in [-0.4, -0.2) is 42.0 Å². The lowest BCUT2D eigenvalue weighted by Crippen LogP contribution is -2.28.